The lowest BCUT2D eigenvalue weighted by molar-refractivity contribution is 0.398. The first-order chi connectivity index (χ1) is 9.21. The Morgan fingerprint density at radius 3 is 2.79 bits per heavy atom. The molecule has 2 rings (SSSR count). The molecule has 4 nitrogen and oxygen atoms in total. The fourth-order valence-electron chi connectivity index (χ4n) is 2.30. The highest BCUT2D eigenvalue weighted by molar-refractivity contribution is 6.16. The highest BCUT2D eigenvalue weighted by atomic mass is 35.5. The van der Waals surface area contributed by atoms with Crippen LogP contribution in [0.15, 0.2) is 12.1 Å². The van der Waals surface area contributed by atoms with Crippen molar-refractivity contribution in [2.24, 2.45) is 0 Å². The molecule has 0 fully saturated rings. The van der Waals surface area contributed by atoms with Gasteiger partial charge in [0.25, 0.3) is 0 Å². The number of pyridine rings is 1. The van der Waals surface area contributed by atoms with Crippen molar-refractivity contribution in [1.82, 2.24) is 14.5 Å². The van der Waals surface area contributed by atoms with Crippen molar-refractivity contribution in [3.63, 3.8) is 0 Å². The molecule has 5 heteroatoms. The van der Waals surface area contributed by atoms with Gasteiger partial charge in [-0.2, -0.15) is 4.98 Å². The van der Waals surface area contributed by atoms with Gasteiger partial charge in [-0.05, 0) is 19.4 Å². The number of unbranched alkanes of at least 4 members (excludes halogenated alkanes) is 1. The summed E-state index contributed by atoms with van der Waals surface area (Å²) in [5.41, 5.74) is 1.73. The number of halogens is 1. The molecule has 2 heterocycles. The maximum atomic E-state index is 6.01. The van der Waals surface area contributed by atoms with E-state index in [0.717, 1.165) is 23.4 Å². The fraction of sp³-hybridized carbons (Fsp3) is 0.571. The van der Waals surface area contributed by atoms with E-state index in [1.807, 2.05) is 12.1 Å². The molecule has 0 aliphatic carbocycles. The molecule has 1 unspecified atom stereocenters. The molecule has 19 heavy (non-hydrogen) atoms. The summed E-state index contributed by atoms with van der Waals surface area (Å²) in [6, 6.07) is 4.10. The fourth-order valence-corrected chi connectivity index (χ4v) is 2.49. The van der Waals surface area contributed by atoms with Gasteiger partial charge in [0.15, 0.2) is 5.65 Å². The average molecular weight is 282 g/mol. The number of aromatic nitrogens is 3. The van der Waals surface area contributed by atoms with E-state index in [1.54, 1.807) is 7.11 Å². The van der Waals surface area contributed by atoms with Gasteiger partial charge in [0.05, 0.1) is 13.0 Å². The van der Waals surface area contributed by atoms with E-state index in [0.29, 0.717) is 17.8 Å². The minimum Gasteiger partial charge on any atom is -0.481 e. The van der Waals surface area contributed by atoms with Crippen molar-refractivity contribution < 1.29 is 4.74 Å². The van der Waals surface area contributed by atoms with Crippen molar-refractivity contribution in [2.45, 2.75) is 45.0 Å². The number of fused-ring (bicyclic) bond motifs is 1. The second-order valence-corrected chi connectivity index (χ2v) is 4.99. The summed E-state index contributed by atoms with van der Waals surface area (Å²) in [7, 11) is 1.62. The van der Waals surface area contributed by atoms with Gasteiger partial charge in [0.1, 0.15) is 11.3 Å². The molecular formula is C14H20ClN3O. The van der Waals surface area contributed by atoms with E-state index in [9.17, 15) is 0 Å². The molecule has 2 aromatic rings. The Morgan fingerprint density at radius 2 is 2.16 bits per heavy atom. The first-order valence-electron chi connectivity index (χ1n) is 6.69. The predicted molar refractivity (Wildman–Crippen MR) is 77.9 cm³/mol. The lowest BCUT2D eigenvalue weighted by Crippen LogP contribution is -2.09. The summed E-state index contributed by atoms with van der Waals surface area (Å²) in [6.45, 7) is 4.39. The molecule has 0 aromatic carbocycles. The van der Waals surface area contributed by atoms with Crippen LogP contribution in [-0.2, 0) is 5.88 Å². The SMILES string of the molecule is CCCCC(C)n1c(CCl)nc2ccc(OC)nc21. The number of methoxy groups -OCH3 is 1. The Balaban J connectivity index is 2.48. The molecular weight excluding hydrogens is 262 g/mol. The summed E-state index contributed by atoms with van der Waals surface area (Å²) < 4.78 is 7.34. The summed E-state index contributed by atoms with van der Waals surface area (Å²) in [6.07, 6.45) is 3.47. The van der Waals surface area contributed by atoms with E-state index < -0.39 is 0 Å². The molecule has 0 saturated carbocycles. The van der Waals surface area contributed by atoms with E-state index in [2.05, 4.69) is 28.4 Å². The van der Waals surface area contributed by atoms with Gasteiger partial charge in [-0.3, -0.25) is 0 Å². The summed E-state index contributed by atoms with van der Waals surface area (Å²) in [5, 5.41) is 0. The van der Waals surface area contributed by atoms with Gasteiger partial charge < -0.3 is 9.30 Å². The molecule has 0 radical (unpaired) electrons. The number of ether oxygens (including phenoxy) is 1. The van der Waals surface area contributed by atoms with Crippen LogP contribution in [0.1, 0.15) is 45.0 Å². The first kappa shape index (κ1) is 14.1. The molecule has 104 valence electrons. The topological polar surface area (TPSA) is 39.9 Å². The third kappa shape index (κ3) is 2.84. The monoisotopic (exact) mass is 281 g/mol. The van der Waals surface area contributed by atoms with Crippen molar-refractivity contribution in [3.05, 3.63) is 18.0 Å². The molecule has 0 amide bonds. The van der Waals surface area contributed by atoms with Gasteiger partial charge >= 0.3 is 0 Å². The molecule has 0 spiro atoms. The maximum absolute atomic E-state index is 6.01. The molecule has 1 atom stereocenters. The van der Waals surface area contributed by atoms with Gasteiger partial charge in [0.2, 0.25) is 5.88 Å². The predicted octanol–water partition coefficient (Wildman–Crippen LogP) is 3.93. The largest absolute Gasteiger partial charge is 0.481 e. The maximum Gasteiger partial charge on any atom is 0.215 e. The second kappa shape index (κ2) is 6.24. The number of nitrogens with zero attached hydrogens (tertiary/aromatic N) is 3. The normalized spacial score (nSPS) is 12.8. The van der Waals surface area contributed by atoms with Crippen LogP contribution in [0, 0.1) is 0 Å². The van der Waals surface area contributed by atoms with Gasteiger partial charge in [0, 0.05) is 12.1 Å². The molecule has 0 aliphatic heterocycles. The third-order valence-corrected chi connectivity index (χ3v) is 3.57. The highest BCUT2D eigenvalue weighted by Crippen LogP contribution is 2.25. The summed E-state index contributed by atoms with van der Waals surface area (Å²) in [4.78, 5) is 9.06. The molecule has 0 saturated heterocycles. The van der Waals surface area contributed by atoms with Crippen molar-refractivity contribution >= 4 is 22.8 Å². The molecule has 0 aliphatic rings. The van der Waals surface area contributed by atoms with Crippen LogP contribution in [0.3, 0.4) is 0 Å². The van der Waals surface area contributed by atoms with E-state index in [1.165, 1.54) is 12.8 Å². The zero-order valence-corrected chi connectivity index (χ0v) is 12.4. The molecule has 2 aromatic heterocycles. The Bertz CT molecular complexity index is 553. The number of imidazole rings is 1. The van der Waals surface area contributed by atoms with Crippen LogP contribution in [-0.4, -0.2) is 21.6 Å². The van der Waals surface area contributed by atoms with Crippen LogP contribution in [0.5, 0.6) is 5.88 Å². The summed E-state index contributed by atoms with van der Waals surface area (Å²) in [5.74, 6) is 1.88. The zero-order chi connectivity index (χ0) is 13.8. The molecule has 0 N–H and O–H groups in total. The number of hydrogen-bond acceptors (Lipinski definition) is 3. The lowest BCUT2D eigenvalue weighted by Gasteiger charge is -2.16. The van der Waals surface area contributed by atoms with Crippen molar-refractivity contribution in [2.75, 3.05) is 7.11 Å². The Morgan fingerprint density at radius 1 is 1.37 bits per heavy atom. The zero-order valence-electron chi connectivity index (χ0n) is 11.7. The highest BCUT2D eigenvalue weighted by Gasteiger charge is 2.16. The lowest BCUT2D eigenvalue weighted by atomic mass is 10.1. The third-order valence-electron chi connectivity index (χ3n) is 3.33. The second-order valence-electron chi connectivity index (χ2n) is 4.72. The smallest absolute Gasteiger partial charge is 0.215 e. The summed E-state index contributed by atoms with van der Waals surface area (Å²) >= 11 is 6.01. The Labute approximate surface area is 118 Å². The van der Waals surface area contributed by atoms with Crippen molar-refractivity contribution in [1.29, 1.82) is 0 Å². The standard InChI is InChI=1S/C14H20ClN3O/c1-4-5-6-10(2)18-12(9-15)16-11-7-8-13(19-3)17-14(11)18/h7-8,10H,4-6,9H2,1-3H3. The quantitative estimate of drug-likeness (QED) is 0.753. The number of alkyl halides is 1. The van der Waals surface area contributed by atoms with E-state index >= 15 is 0 Å². The Kier molecular flexibility index (Phi) is 4.64. The van der Waals surface area contributed by atoms with Gasteiger partial charge in [-0.1, -0.05) is 19.8 Å². The molecule has 0 bridgehead atoms. The number of hydrogen-bond donors (Lipinski definition) is 0. The van der Waals surface area contributed by atoms with Gasteiger partial charge in [-0.15, -0.1) is 11.6 Å². The van der Waals surface area contributed by atoms with E-state index in [-0.39, 0.29) is 0 Å². The average Bonchev–Trinajstić information content (AvgIpc) is 2.82. The first-order valence-corrected chi connectivity index (χ1v) is 7.22. The minimum atomic E-state index is 0.346. The Hall–Kier alpha value is -1.29. The van der Waals surface area contributed by atoms with E-state index in [4.69, 9.17) is 16.3 Å². The van der Waals surface area contributed by atoms with Crippen LogP contribution in [0.2, 0.25) is 0 Å². The van der Waals surface area contributed by atoms with Crippen LogP contribution >= 0.6 is 11.6 Å². The number of rotatable bonds is 6. The van der Waals surface area contributed by atoms with Crippen molar-refractivity contribution in [3.8, 4) is 5.88 Å². The van der Waals surface area contributed by atoms with Crippen LogP contribution < -0.4 is 4.74 Å². The minimum absolute atomic E-state index is 0.346. The van der Waals surface area contributed by atoms with Crippen LogP contribution in [0.25, 0.3) is 11.2 Å². The van der Waals surface area contributed by atoms with Gasteiger partial charge in [-0.25, -0.2) is 4.98 Å². The van der Waals surface area contributed by atoms with Crippen LogP contribution in [0.4, 0.5) is 0 Å².